The lowest BCUT2D eigenvalue weighted by molar-refractivity contribution is 0.663. The Morgan fingerprint density at radius 3 is 2.50 bits per heavy atom. The van der Waals surface area contributed by atoms with Crippen LogP contribution in [0.1, 0.15) is 37.4 Å². The summed E-state index contributed by atoms with van der Waals surface area (Å²) in [6, 6.07) is 9.10. The smallest absolute Gasteiger partial charge is 0.0426 e. The number of hydrogen-bond donors (Lipinski definition) is 1. The predicted molar refractivity (Wildman–Crippen MR) is 85.5 cm³/mol. The molecule has 1 aromatic carbocycles. The summed E-state index contributed by atoms with van der Waals surface area (Å²) < 4.78 is 0. The lowest BCUT2D eigenvalue weighted by atomic mass is 10.00. The quantitative estimate of drug-likeness (QED) is 0.907. The lowest BCUT2D eigenvalue weighted by Gasteiger charge is -2.32. The monoisotopic (exact) mass is 281 g/mol. The van der Waals surface area contributed by atoms with E-state index in [1.165, 1.54) is 35.5 Å². The van der Waals surface area contributed by atoms with E-state index in [0.29, 0.717) is 10.5 Å². The zero-order valence-electron chi connectivity index (χ0n) is 11.3. The van der Waals surface area contributed by atoms with Gasteiger partial charge in [0, 0.05) is 28.0 Å². The summed E-state index contributed by atoms with van der Waals surface area (Å²) in [7, 11) is 0. The Labute approximate surface area is 119 Å². The fraction of sp³-hybridized carbons (Fsp3) is 0.600. The molecule has 3 heteroatoms. The van der Waals surface area contributed by atoms with Crippen molar-refractivity contribution >= 4 is 23.5 Å². The highest BCUT2D eigenvalue weighted by atomic mass is 32.2. The Bertz CT molecular complexity index is 363. The maximum absolute atomic E-state index is 6.45. The van der Waals surface area contributed by atoms with E-state index >= 15 is 0 Å². The summed E-state index contributed by atoms with van der Waals surface area (Å²) in [5.74, 6) is 2.51. The topological polar surface area (TPSA) is 26.0 Å². The van der Waals surface area contributed by atoms with Crippen LogP contribution in [0.3, 0.4) is 0 Å². The van der Waals surface area contributed by atoms with Crippen molar-refractivity contribution in [2.24, 2.45) is 5.73 Å². The Morgan fingerprint density at radius 1 is 1.22 bits per heavy atom. The molecular weight excluding hydrogens is 258 g/mol. The fourth-order valence-corrected chi connectivity index (χ4v) is 5.31. The van der Waals surface area contributed by atoms with Crippen LogP contribution in [-0.4, -0.2) is 22.0 Å². The van der Waals surface area contributed by atoms with Gasteiger partial charge >= 0.3 is 0 Å². The summed E-state index contributed by atoms with van der Waals surface area (Å²) in [5, 5.41) is 1.22. The number of benzene rings is 1. The number of aryl methyl sites for hydroxylation is 1. The fourth-order valence-electron chi connectivity index (χ4n) is 2.43. The van der Waals surface area contributed by atoms with Gasteiger partial charge in [0.2, 0.25) is 0 Å². The molecule has 1 aliphatic rings. The molecule has 1 aliphatic heterocycles. The molecule has 0 bridgehead atoms. The second kappa shape index (κ2) is 6.88. The van der Waals surface area contributed by atoms with E-state index in [-0.39, 0.29) is 6.04 Å². The molecule has 1 nitrogen and oxygen atoms in total. The first-order valence-corrected chi connectivity index (χ1v) is 8.89. The number of rotatable bonds is 4. The maximum Gasteiger partial charge on any atom is 0.0426 e. The van der Waals surface area contributed by atoms with Gasteiger partial charge in [-0.2, -0.15) is 23.5 Å². The minimum Gasteiger partial charge on any atom is -0.323 e. The third-order valence-electron chi connectivity index (χ3n) is 3.49. The van der Waals surface area contributed by atoms with Gasteiger partial charge < -0.3 is 5.73 Å². The van der Waals surface area contributed by atoms with Crippen molar-refractivity contribution in [3.8, 4) is 0 Å². The van der Waals surface area contributed by atoms with E-state index in [0.717, 1.165) is 0 Å². The summed E-state index contributed by atoms with van der Waals surface area (Å²) in [5.41, 5.74) is 9.17. The van der Waals surface area contributed by atoms with E-state index in [4.69, 9.17) is 5.73 Å². The SMILES string of the molecule is CCCc1ccc(C(N)C2SCCSC2C)cc1. The molecule has 0 saturated carbocycles. The van der Waals surface area contributed by atoms with Crippen LogP contribution in [0, 0.1) is 0 Å². The molecule has 1 fully saturated rings. The summed E-state index contributed by atoms with van der Waals surface area (Å²) in [6.45, 7) is 4.53. The molecule has 18 heavy (non-hydrogen) atoms. The highest BCUT2D eigenvalue weighted by Gasteiger charge is 2.28. The molecular formula is C15H23NS2. The first kappa shape index (κ1) is 14.3. The van der Waals surface area contributed by atoms with Crippen molar-refractivity contribution in [2.75, 3.05) is 11.5 Å². The lowest BCUT2D eigenvalue weighted by Crippen LogP contribution is -2.34. The molecule has 100 valence electrons. The second-order valence-corrected chi connectivity index (χ2v) is 7.70. The number of thioether (sulfide) groups is 2. The largest absolute Gasteiger partial charge is 0.323 e. The molecule has 1 heterocycles. The Hall–Kier alpha value is -0.120. The molecule has 0 aromatic heterocycles. The van der Waals surface area contributed by atoms with E-state index in [1.807, 2.05) is 11.8 Å². The highest BCUT2D eigenvalue weighted by Crippen LogP contribution is 2.37. The second-order valence-electron chi connectivity index (χ2n) is 4.93. The van der Waals surface area contributed by atoms with Crippen LogP contribution in [0.2, 0.25) is 0 Å². The average Bonchev–Trinajstić information content (AvgIpc) is 2.40. The minimum atomic E-state index is 0.175. The van der Waals surface area contributed by atoms with Gasteiger partial charge in [0.05, 0.1) is 0 Å². The van der Waals surface area contributed by atoms with Crippen LogP contribution < -0.4 is 5.73 Å². The minimum absolute atomic E-state index is 0.175. The zero-order chi connectivity index (χ0) is 13.0. The molecule has 0 spiro atoms. The molecule has 3 atom stereocenters. The third-order valence-corrected chi connectivity index (χ3v) is 6.71. The summed E-state index contributed by atoms with van der Waals surface area (Å²) in [6.07, 6.45) is 2.37. The van der Waals surface area contributed by atoms with Crippen LogP contribution >= 0.6 is 23.5 Å². The van der Waals surface area contributed by atoms with Gasteiger partial charge in [-0.25, -0.2) is 0 Å². The zero-order valence-corrected chi connectivity index (χ0v) is 12.9. The van der Waals surface area contributed by atoms with Crippen molar-refractivity contribution in [2.45, 2.75) is 43.2 Å². The first-order chi connectivity index (χ1) is 8.72. The molecule has 2 rings (SSSR count). The summed E-state index contributed by atoms with van der Waals surface area (Å²) >= 11 is 4.10. The van der Waals surface area contributed by atoms with Crippen molar-refractivity contribution in [3.05, 3.63) is 35.4 Å². The molecule has 0 amide bonds. The van der Waals surface area contributed by atoms with Crippen molar-refractivity contribution < 1.29 is 0 Å². The van der Waals surface area contributed by atoms with Gasteiger partial charge in [-0.3, -0.25) is 0 Å². The van der Waals surface area contributed by atoms with Crippen LogP contribution in [-0.2, 0) is 6.42 Å². The highest BCUT2D eigenvalue weighted by molar-refractivity contribution is 8.07. The molecule has 0 radical (unpaired) electrons. The Kier molecular flexibility index (Phi) is 5.46. The van der Waals surface area contributed by atoms with Gasteiger partial charge in [0.15, 0.2) is 0 Å². The number of hydrogen-bond acceptors (Lipinski definition) is 3. The van der Waals surface area contributed by atoms with Crippen molar-refractivity contribution in [1.29, 1.82) is 0 Å². The molecule has 1 saturated heterocycles. The third kappa shape index (κ3) is 3.46. The van der Waals surface area contributed by atoms with Gasteiger partial charge in [-0.05, 0) is 17.5 Å². The van der Waals surface area contributed by atoms with E-state index in [2.05, 4.69) is 49.9 Å². The number of nitrogens with two attached hydrogens (primary N) is 1. The molecule has 2 N–H and O–H groups in total. The van der Waals surface area contributed by atoms with E-state index in [9.17, 15) is 0 Å². The average molecular weight is 281 g/mol. The Balaban J connectivity index is 2.05. The molecule has 1 aromatic rings. The van der Waals surface area contributed by atoms with Crippen LogP contribution in [0.25, 0.3) is 0 Å². The maximum atomic E-state index is 6.45. The normalized spacial score (nSPS) is 25.9. The van der Waals surface area contributed by atoms with Crippen LogP contribution in [0.15, 0.2) is 24.3 Å². The standard InChI is InChI=1S/C15H23NS2/c1-3-4-12-5-7-13(8-6-12)14(16)15-11(2)17-9-10-18-15/h5-8,11,14-15H,3-4,9-10,16H2,1-2H3. The van der Waals surface area contributed by atoms with E-state index in [1.54, 1.807) is 0 Å². The summed E-state index contributed by atoms with van der Waals surface area (Å²) in [4.78, 5) is 0. The van der Waals surface area contributed by atoms with E-state index < -0.39 is 0 Å². The van der Waals surface area contributed by atoms with Crippen LogP contribution in [0.5, 0.6) is 0 Å². The first-order valence-electron chi connectivity index (χ1n) is 6.80. The van der Waals surface area contributed by atoms with Crippen molar-refractivity contribution in [1.82, 2.24) is 0 Å². The molecule has 3 unspecified atom stereocenters. The Morgan fingerprint density at radius 2 is 1.89 bits per heavy atom. The molecule has 0 aliphatic carbocycles. The van der Waals surface area contributed by atoms with Gasteiger partial charge in [0.1, 0.15) is 0 Å². The van der Waals surface area contributed by atoms with Gasteiger partial charge in [0.25, 0.3) is 0 Å². The van der Waals surface area contributed by atoms with Crippen molar-refractivity contribution in [3.63, 3.8) is 0 Å². The van der Waals surface area contributed by atoms with Crippen LogP contribution in [0.4, 0.5) is 0 Å². The predicted octanol–water partition coefficient (Wildman–Crippen LogP) is 3.88. The van der Waals surface area contributed by atoms with Gasteiger partial charge in [-0.15, -0.1) is 0 Å². The van der Waals surface area contributed by atoms with Gasteiger partial charge in [-0.1, -0.05) is 44.5 Å².